The fraction of sp³-hybridized carbons (Fsp3) is 0.409. The summed E-state index contributed by atoms with van der Waals surface area (Å²) in [5.74, 6) is 1.97. The Morgan fingerprint density at radius 1 is 0.913 bits per heavy atom. The van der Waals surface area contributed by atoms with Gasteiger partial charge in [-0.2, -0.15) is 0 Å². The third kappa shape index (κ3) is 5.67. The monoisotopic (exact) mass is 307 g/mol. The van der Waals surface area contributed by atoms with Crippen molar-refractivity contribution in [3.05, 3.63) is 72.0 Å². The van der Waals surface area contributed by atoms with Gasteiger partial charge in [0.05, 0.1) is 5.71 Å². The molecule has 2 aliphatic rings. The minimum atomic E-state index is 0.479. The average molecular weight is 307 g/mol. The number of benzene rings is 1. The molecule has 0 fully saturated rings. The molecule has 1 nitrogen and oxygen atoms in total. The van der Waals surface area contributed by atoms with Crippen molar-refractivity contribution in [2.45, 2.75) is 40.5 Å². The van der Waals surface area contributed by atoms with Crippen LogP contribution in [0.15, 0.2) is 71.4 Å². The molecule has 1 heterocycles. The Balaban J connectivity index is 0.000000174. The lowest BCUT2D eigenvalue weighted by molar-refractivity contribution is 0.625. The second kappa shape index (κ2) is 8.67. The molecule has 0 amide bonds. The number of aliphatic imine (C=N–C) groups is 1. The van der Waals surface area contributed by atoms with Crippen molar-refractivity contribution in [3.63, 3.8) is 0 Å². The van der Waals surface area contributed by atoms with E-state index in [1.165, 1.54) is 23.3 Å². The van der Waals surface area contributed by atoms with Gasteiger partial charge in [0.25, 0.3) is 0 Å². The van der Waals surface area contributed by atoms with Crippen molar-refractivity contribution < 1.29 is 0 Å². The molecule has 1 aromatic rings. The van der Waals surface area contributed by atoms with Gasteiger partial charge in [0, 0.05) is 12.1 Å². The second-order valence-electron chi connectivity index (χ2n) is 7.16. The lowest BCUT2D eigenvalue weighted by Gasteiger charge is -2.15. The Bertz CT molecular complexity index is 600. The zero-order valence-electron chi connectivity index (χ0n) is 14.9. The minimum Gasteiger partial charge on any atom is -0.260 e. The molecular formula is C22H29N. The number of allylic oxidation sites excluding steroid dienone is 5. The summed E-state index contributed by atoms with van der Waals surface area (Å²) in [6.45, 7) is 8.99. The Hall–Kier alpha value is -1.89. The molecule has 1 heteroatoms. The quantitative estimate of drug-likeness (QED) is 0.647. The van der Waals surface area contributed by atoms with Crippen molar-refractivity contribution >= 4 is 5.71 Å². The number of hydrogen-bond donors (Lipinski definition) is 0. The van der Waals surface area contributed by atoms with Crippen molar-refractivity contribution in [1.82, 2.24) is 0 Å². The number of hydrogen-bond acceptors (Lipinski definition) is 1. The summed E-state index contributed by atoms with van der Waals surface area (Å²) < 4.78 is 0. The van der Waals surface area contributed by atoms with Crippen molar-refractivity contribution in [2.24, 2.45) is 22.7 Å². The molecule has 0 N–H and O–H groups in total. The standard InChI is InChI=1S/C12H15N.C10H14/c1-9(2)7-10-8-13-12-6-4-3-5-11(10)12;1-9(2)8-10-6-4-3-5-7-10/h3-6,8-9,11H,7H2,1-2H3;3-7,9H,8H2,1-2H3. The topological polar surface area (TPSA) is 12.4 Å². The first-order valence-corrected chi connectivity index (χ1v) is 8.71. The number of rotatable bonds is 4. The number of fused-ring (bicyclic) bond motifs is 1. The molecule has 1 aliphatic heterocycles. The van der Waals surface area contributed by atoms with E-state index in [0.29, 0.717) is 5.92 Å². The van der Waals surface area contributed by atoms with Crippen LogP contribution in [-0.4, -0.2) is 5.71 Å². The van der Waals surface area contributed by atoms with Crippen molar-refractivity contribution in [2.75, 3.05) is 0 Å². The van der Waals surface area contributed by atoms with Crippen LogP contribution < -0.4 is 0 Å². The van der Waals surface area contributed by atoms with Gasteiger partial charge >= 0.3 is 0 Å². The third-order valence-electron chi connectivity index (χ3n) is 3.91. The normalized spacial score (nSPS) is 18.4. The van der Waals surface area contributed by atoms with Crippen LogP contribution in [0.5, 0.6) is 0 Å². The number of nitrogens with zero attached hydrogens (tertiary/aromatic N) is 1. The van der Waals surface area contributed by atoms with Gasteiger partial charge in [0.1, 0.15) is 0 Å². The maximum atomic E-state index is 4.41. The van der Waals surface area contributed by atoms with E-state index in [0.717, 1.165) is 18.3 Å². The van der Waals surface area contributed by atoms with Crippen LogP contribution in [0.1, 0.15) is 39.7 Å². The summed E-state index contributed by atoms with van der Waals surface area (Å²) in [7, 11) is 0. The molecule has 1 aromatic carbocycles. The van der Waals surface area contributed by atoms with Gasteiger partial charge in [0.15, 0.2) is 0 Å². The van der Waals surface area contributed by atoms with E-state index in [1.54, 1.807) is 0 Å². The smallest absolute Gasteiger partial charge is 0.0513 e. The van der Waals surface area contributed by atoms with E-state index < -0.39 is 0 Å². The largest absolute Gasteiger partial charge is 0.260 e. The summed E-state index contributed by atoms with van der Waals surface area (Å²) in [6, 6.07) is 10.6. The minimum absolute atomic E-state index is 0.479. The van der Waals surface area contributed by atoms with Gasteiger partial charge in [-0.15, -0.1) is 0 Å². The predicted molar refractivity (Wildman–Crippen MR) is 102 cm³/mol. The Labute approximate surface area is 141 Å². The van der Waals surface area contributed by atoms with Gasteiger partial charge in [-0.3, -0.25) is 4.99 Å². The molecule has 122 valence electrons. The third-order valence-corrected chi connectivity index (χ3v) is 3.91. The highest BCUT2D eigenvalue weighted by molar-refractivity contribution is 6.03. The zero-order chi connectivity index (χ0) is 16.7. The molecule has 1 unspecified atom stereocenters. The molecule has 3 rings (SSSR count). The first-order chi connectivity index (χ1) is 11.1. The first kappa shape index (κ1) is 17.5. The van der Waals surface area contributed by atoms with Crippen LogP contribution in [-0.2, 0) is 6.42 Å². The molecule has 0 radical (unpaired) electrons. The average Bonchev–Trinajstić information content (AvgIpc) is 2.91. The molecule has 0 aromatic heterocycles. The highest BCUT2D eigenvalue weighted by atomic mass is 14.8. The van der Waals surface area contributed by atoms with Crippen LogP contribution in [0, 0.1) is 17.8 Å². The van der Waals surface area contributed by atoms with Gasteiger partial charge in [-0.25, -0.2) is 0 Å². The van der Waals surface area contributed by atoms with E-state index >= 15 is 0 Å². The summed E-state index contributed by atoms with van der Waals surface area (Å²) in [6.07, 6.45) is 12.9. The van der Waals surface area contributed by atoms with Crippen LogP contribution in [0.3, 0.4) is 0 Å². The maximum Gasteiger partial charge on any atom is 0.0513 e. The predicted octanol–water partition coefficient (Wildman–Crippen LogP) is 6.00. The van der Waals surface area contributed by atoms with Crippen LogP contribution in [0.4, 0.5) is 0 Å². The van der Waals surface area contributed by atoms with E-state index in [9.17, 15) is 0 Å². The summed E-state index contributed by atoms with van der Waals surface area (Å²) in [4.78, 5) is 4.41. The Kier molecular flexibility index (Phi) is 6.58. The highest BCUT2D eigenvalue weighted by Gasteiger charge is 2.22. The van der Waals surface area contributed by atoms with E-state index in [1.807, 2.05) is 6.20 Å². The maximum absolute atomic E-state index is 4.41. The van der Waals surface area contributed by atoms with Gasteiger partial charge in [0.2, 0.25) is 0 Å². The van der Waals surface area contributed by atoms with E-state index in [2.05, 4.69) is 87.3 Å². The first-order valence-electron chi connectivity index (χ1n) is 8.71. The van der Waals surface area contributed by atoms with Gasteiger partial charge in [-0.05, 0) is 41.9 Å². The van der Waals surface area contributed by atoms with Gasteiger partial charge in [-0.1, -0.05) is 76.3 Å². The molecule has 1 aliphatic carbocycles. The van der Waals surface area contributed by atoms with Crippen LogP contribution in [0.25, 0.3) is 0 Å². The molecule has 23 heavy (non-hydrogen) atoms. The Morgan fingerprint density at radius 2 is 1.61 bits per heavy atom. The van der Waals surface area contributed by atoms with Crippen LogP contribution in [0.2, 0.25) is 0 Å². The summed E-state index contributed by atoms with van der Waals surface area (Å²) in [5, 5.41) is 0. The SMILES string of the molecule is CC(C)CC1=CN=C2C=CC=CC12.CC(C)Cc1ccccc1. The van der Waals surface area contributed by atoms with Gasteiger partial charge < -0.3 is 0 Å². The molecule has 0 spiro atoms. The zero-order valence-corrected chi connectivity index (χ0v) is 14.9. The van der Waals surface area contributed by atoms with E-state index in [-0.39, 0.29) is 0 Å². The summed E-state index contributed by atoms with van der Waals surface area (Å²) >= 11 is 0. The summed E-state index contributed by atoms with van der Waals surface area (Å²) in [5.41, 5.74) is 4.11. The van der Waals surface area contributed by atoms with Crippen molar-refractivity contribution in [1.29, 1.82) is 0 Å². The fourth-order valence-corrected chi connectivity index (χ4v) is 2.94. The Morgan fingerprint density at radius 3 is 2.26 bits per heavy atom. The molecule has 0 bridgehead atoms. The highest BCUT2D eigenvalue weighted by Crippen LogP contribution is 2.29. The lowest BCUT2D eigenvalue weighted by atomic mass is 9.88. The molecular weight excluding hydrogens is 278 g/mol. The second-order valence-corrected chi connectivity index (χ2v) is 7.16. The fourth-order valence-electron chi connectivity index (χ4n) is 2.94. The van der Waals surface area contributed by atoms with E-state index in [4.69, 9.17) is 0 Å². The van der Waals surface area contributed by atoms with Crippen LogP contribution >= 0.6 is 0 Å². The lowest BCUT2D eigenvalue weighted by Crippen LogP contribution is -2.11. The van der Waals surface area contributed by atoms with Crippen molar-refractivity contribution in [3.8, 4) is 0 Å². The molecule has 1 atom stereocenters. The molecule has 0 saturated heterocycles. The molecule has 0 saturated carbocycles.